The fourth-order valence-electron chi connectivity index (χ4n) is 4.45. The Morgan fingerprint density at radius 1 is 1.14 bits per heavy atom. The molecule has 1 fully saturated rings. The molecule has 29 heavy (non-hydrogen) atoms. The molecule has 2 aromatic heterocycles. The normalized spacial score (nSPS) is 18.1. The van der Waals surface area contributed by atoms with Gasteiger partial charge in [-0.05, 0) is 35.9 Å². The lowest BCUT2D eigenvalue weighted by atomic mass is 9.82. The van der Waals surface area contributed by atoms with E-state index in [4.69, 9.17) is 24.9 Å². The summed E-state index contributed by atoms with van der Waals surface area (Å²) in [7, 11) is 3.22. The largest absolute Gasteiger partial charge is 0.493 e. The summed E-state index contributed by atoms with van der Waals surface area (Å²) in [6.07, 6.45) is 2.86. The highest BCUT2D eigenvalue weighted by molar-refractivity contribution is 7.10. The van der Waals surface area contributed by atoms with Gasteiger partial charge >= 0.3 is 0 Å². The average molecular weight is 413 g/mol. The Labute approximate surface area is 173 Å². The number of aromatic nitrogens is 2. The van der Waals surface area contributed by atoms with Crippen molar-refractivity contribution in [3.8, 4) is 11.5 Å². The van der Waals surface area contributed by atoms with Crippen LogP contribution in [0.5, 0.6) is 11.5 Å². The number of nitrogen functional groups attached to an aromatic ring is 1. The summed E-state index contributed by atoms with van der Waals surface area (Å²) in [5.41, 5.74) is 8.23. The van der Waals surface area contributed by atoms with E-state index in [1.165, 1.54) is 10.4 Å². The van der Waals surface area contributed by atoms with Crippen LogP contribution in [-0.2, 0) is 16.8 Å². The standard InChI is InChI=1S/C21H24N4O3S/c1-26-16-11-13-15(12-17(16)27-2)23-20(24-19(13)22)25-7-5-21(6-8-25)14-4-10-29-18(14)3-9-28-21/h4,10-12H,3,5-9H2,1-2H3,(H2,22,23,24). The van der Waals surface area contributed by atoms with Crippen molar-refractivity contribution in [1.29, 1.82) is 0 Å². The van der Waals surface area contributed by atoms with Crippen molar-refractivity contribution in [3.63, 3.8) is 0 Å². The minimum absolute atomic E-state index is 0.164. The molecule has 0 radical (unpaired) electrons. The van der Waals surface area contributed by atoms with Crippen LogP contribution in [-0.4, -0.2) is 43.9 Å². The number of thiophene rings is 1. The van der Waals surface area contributed by atoms with E-state index >= 15 is 0 Å². The predicted octanol–water partition coefficient (Wildman–Crippen LogP) is 3.36. The first-order valence-electron chi connectivity index (χ1n) is 9.78. The first-order chi connectivity index (χ1) is 14.1. The van der Waals surface area contributed by atoms with Gasteiger partial charge in [-0.25, -0.2) is 4.98 Å². The second-order valence-corrected chi connectivity index (χ2v) is 8.47. The van der Waals surface area contributed by atoms with Crippen molar-refractivity contribution in [3.05, 3.63) is 34.0 Å². The van der Waals surface area contributed by atoms with E-state index in [-0.39, 0.29) is 5.60 Å². The van der Waals surface area contributed by atoms with Crippen LogP contribution in [0, 0.1) is 0 Å². The zero-order chi connectivity index (χ0) is 20.0. The van der Waals surface area contributed by atoms with Crippen molar-refractivity contribution >= 4 is 34.0 Å². The first-order valence-corrected chi connectivity index (χ1v) is 10.7. The first kappa shape index (κ1) is 18.4. The van der Waals surface area contributed by atoms with Gasteiger partial charge in [-0.2, -0.15) is 4.98 Å². The molecule has 2 aliphatic heterocycles. The molecule has 0 amide bonds. The summed E-state index contributed by atoms with van der Waals surface area (Å²) >= 11 is 1.84. The molecule has 0 bridgehead atoms. The molecule has 1 saturated heterocycles. The van der Waals surface area contributed by atoms with Gasteiger partial charge in [0.15, 0.2) is 11.5 Å². The van der Waals surface area contributed by atoms with Crippen molar-refractivity contribution < 1.29 is 14.2 Å². The van der Waals surface area contributed by atoms with Crippen molar-refractivity contribution in [1.82, 2.24) is 9.97 Å². The van der Waals surface area contributed by atoms with E-state index < -0.39 is 0 Å². The van der Waals surface area contributed by atoms with Crippen LogP contribution >= 0.6 is 11.3 Å². The Bertz CT molecular complexity index is 1060. The fraction of sp³-hybridized carbons (Fsp3) is 0.429. The number of anilines is 2. The van der Waals surface area contributed by atoms with E-state index in [9.17, 15) is 0 Å². The summed E-state index contributed by atoms with van der Waals surface area (Å²) < 4.78 is 17.1. The number of fused-ring (bicyclic) bond motifs is 3. The highest BCUT2D eigenvalue weighted by Crippen LogP contribution is 2.44. The van der Waals surface area contributed by atoms with Gasteiger partial charge in [0.05, 0.1) is 31.9 Å². The number of hydrogen-bond donors (Lipinski definition) is 1. The van der Waals surface area contributed by atoms with E-state index in [1.807, 2.05) is 23.5 Å². The van der Waals surface area contributed by atoms with Gasteiger partial charge < -0.3 is 24.8 Å². The second kappa shape index (κ2) is 7.03. The summed E-state index contributed by atoms with van der Waals surface area (Å²) in [5.74, 6) is 2.34. The van der Waals surface area contributed by atoms with Crippen LogP contribution < -0.4 is 20.1 Å². The van der Waals surface area contributed by atoms with Gasteiger partial charge in [0.2, 0.25) is 5.95 Å². The maximum atomic E-state index is 6.31. The zero-order valence-electron chi connectivity index (χ0n) is 16.6. The molecule has 152 valence electrons. The molecule has 2 aliphatic rings. The van der Waals surface area contributed by atoms with Crippen molar-refractivity contribution in [2.45, 2.75) is 24.9 Å². The van der Waals surface area contributed by atoms with Crippen LogP contribution in [0.25, 0.3) is 10.9 Å². The average Bonchev–Trinajstić information content (AvgIpc) is 3.24. The molecule has 5 rings (SSSR count). The third-order valence-corrected chi connectivity index (χ3v) is 7.00. The Morgan fingerprint density at radius 2 is 1.90 bits per heavy atom. The Hall–Kier alpha value is -2.58. The fourth-order valence-corrected chi connectivity index (χ4v) is 5.40. The van der Waals surface area contributed by atoms with Crippen molar-refractivity contribution in [2.75, 3.05) is 44.5 Å². The molecule has 7 nitrogen and oxygen atoms in total. The molecule has 0 unspecified atom stereocenters. The highest BCUT2D eigenvalue weighted by atomic mass is 32.1. The maximum absolute atomic E-state index is 6.31. The molecule has 8 heteroatoms. The predicted molar refractivity (Wildman–Crippen MR) is 114 cm³/mol. The molecule has 0 atom stereocenters. The number of nitrogens with two attached hydrogens (primary N) is 1. The molecule has 1 aromatic carbocycles. The lowest BCUT2D eigenvalue weighted by Crippen LogP contribution is -2.46. The van der Waals surface area contributed by atoms with Gasteiger partial charge in [0.25, 0.3) is 0 Å². The van der Waals surface area contributed by atoms with Crippen molar-refractivity contribution in [2.24, 2.45) is 0 Å². The number of methoxy groups -OCH3 is 2. The smallest absolute Gasteiger partial charge is 0.227 e. The number of rotatable bonds is 3. The van der Waals surface area contributed by atoms with Gasteiger partial charge in [0.1, 0.15) is 5.82 Å². The number of benzene rings is 1. The minimum Gasteiger partial charge on any atom is -0.493 e. The zero-order valence-corrected chi connectivity index (χ0v) is 17.4. The highest BCUT2D eigenvalue weighted by Gasteiger charge is 2.41. The maximum Gasteiger partial charge on any atom is 0.227 e. The summed E-state index contributed by atoms with van der Waals surface area (Å²) in [6.45, 7) is 2.45. The minimum atomic E-state index is -0.164. The number of hydrogen-bond acceptors (Lipinski definition) is 8. The molecule has 0 saturated carbocycles. The van der Waals surface area contributed by atoms with Gasteiger partial charge in [-0.15, -0.1) is 11.3 Å². The van der Waals surface area contributed by atoms with Gasteiger partial charge in [0, 0.05) is 35.8 Å². The third kappa shape index (κ3) is 2.98. The number of piperidine rings is 1. The van der Waals surface area contributed by atoms with Crippen LogP contribution in [0.4, 0.5) is 11.8 Å². The number of nitrogens with zero attached hydrogens (tertiary/aromatic N) is 3. The SMILES string of the molecule is COc1cc2nc(N3CCC4(CC3)OCCc3sccc34)nc(N)c2cc1OC. The molecular weight excluding hydrogens is 388 g/mol. The number of ether oxygens (including phenoxy) is 3. The second-order valence-electron chi connectivity index (χ2n) is 7.47. The molecule has 3 aromatic rings. The summed E-state index contributed by atoms with van der Waals surface area (Å²) in [4.78, 5) is 13.0. The Balaban J connectivity index is 1.44. The Morgan fingerprint density at radius 3 is 2.66 bits per heavy atom. The third-order valence-electron chi connectivity index (χ3n) is 6.02. The summed E-state index contributed by atoms with van der Waals surface area (Å²) in [6, 6.07) is 5.91. The molecule has 2 N–H and O–H groups in total. The lowest BCUT2D eigenvalue weighted by Gasteiger charge is -2.44. The van der Waals surface area contributed by atoms with Gasteiger partial charge in [-0.3, -0.25) is 0 Å². The Kier molecular flexibility index (Phi) is 4.48. The molecular formula is C21H24N4O3S. The van der Waals surface area contributed by atoms with Crippen LogP contribution in [0.15, 0.2) is 23.6 Å². The topological polar surface area (TPSA) is 82.7 Å². The van der Waals surface area contributed by atoms with Crippen LogP contribution in [0.1, 0.15) is 23.3 Å². The van der Waals surface area contributed by atoms with E-state index in [1.54, 1.807) is 14.2 Å². The van der Waals surface area contributed by atoms with Crippen LogP contribution in [0.2, 0.25) is 0 Å². The quantitative estimate of drug-likeness (QED) is 0.706. The summed E-state index contributed by atoms with van der Waals surface area (Å²) in [5, 5.41) is 2.95. The van der Waals surface area contributed by atoms with E-state index in [2.05, 4.69) is 21.3 Å². The lowest BCUT2D eigenvalue weighted by molar-refractivity contribution is -0.0757. The van der Waals surface area contributed by atoms with Gasteiger partial charge in [-0.1, -0.05) is 0 Å². The molecule has 4 heterocycles. The van der Waals surface area contributed by atoms with Crippen LogP contribution in [0.3, 0.4) is 0 Å². The van der Waals surface area contributed by atoms with E-state index in [0.717, 1.165) is 49.9 Å². The monoisotopic (exact) mass is 412 g/mol. The molecule has 1 spiro atoms. The van der Waals surface area contributed by atoms with E-state index in [0.29, 0.717) is 23.3 Å². The molecule has 0 aliphatic carbocycles.